The van der Waals surface area contributed by atoms with E-state index in [1.54, 1.807) is 0 Å². The molecule has 2 aromatic carbocycles. The quantitative estimate of drug-likeness (QED) is 0.584. The van der Waals surface area contributed by atoms with Gasteiger partial charge in [-0.1, -0.05) is 60.7 Å². The van der Waals surface area contributed by atoms with Crippen LogP contribution in [-0.4, -0.2) is 0 Å². The molecule has 2 aromatic rings. The van der Waals surface area contributed by atoms with Crippen molar-refractivity contribution in [3.63, 3.8) is 0 Å². The lowest BCUT2D eigenvalue weighted by Crippen LogP contribution is -1.73. The van der Waals surface area contributed by atoms with Gasteiger partial charge < -0.3 is 0 Å². The molecule has 0 aliphatic heterocycles. The van der Waals surface area contributed by atoms with Crippen LogP contribution in [0.4, 0.5) is 0 Å². The highest BCUT2D eigenvalue weighted by Gasteiger charge is 1.91. The van der Waals surface area contributed by atoms with Gasteiger partial charge in [0.2, 0.25) is 0 Å². The molecule has 0 heterocycles. The van der Waals surface area contributed by atoms with E-state index in [0.29, 0.717) is 0 Å². The van der Waals surface area contributed by atoms with Crippen LogP contribution >= 0.6 is 0 Å². The van der Waals surface area contributed by atoms with Gasteiger partial charge in [0.05, 0.1) is 0 Å². The highest BCUT2D eigenvalue weighted by molar-refractivity contribution is 5.62. The van der Waals surface area contributed by atoms with Crippen molar-refractivity contribution in [3.8, 4) is 11.1 Å². The van der Waals surface area contributed by atoms with E-state index >= 15 is 0 Å². The van der Waals surface area contributed by atoms with Crippen molar-refractivity contribution in [2.24, 2.45) is 0 Å². The lowest BCUT2D eigenvalue weighted by Gasteiger charge is -1.98. The molecule has 0 N–H and O–H groups in total. The fourth-order valence-electron chi connectivity index (χ4n) is 1.26. The van der Waals surface area contributed by atoms with Crippen LogP contribution in [-0.2, 0) is 0 Å². The number of rotatable bonds is 1. The third kappa shape index (κ3) is 4.43. The van der Waals surface area contributed by atoms with Gasteiger partial charge in [0.1, 0.15) is 0 Å². The van der Waals surface area contributed by atoms with Crippen molar-refractivity contribution in [2.45, 2.75) is 0 Å². The summed E-state index contributed by atoms with van der Waals surface area (Å²) in [6.45, 7) is 12.0. The molecule has 0 amide bonds. The van der Waals surface area contributed by atoms with Crippen LogP contribution < -0.4 is 0 Å². The van der Waals surface area contributed by atoms with E-state index in [9.17, 15) is 0 Å². The smallest absolute Gasteiger partial charge is 0.0184 e. The standard InChI is InChI=1S/C12H10.2C2H4/c1-3-7-11(8-4-1)12-9-5-2-6-10-12;2*1-2/h1-10H;2*1-2H2. The summed E-state index contributed by atoms with van der Waals surface area (Å²) in [5.74, 6) is 0. The van der Waals surface area contributed by atoms with Crippen LogP contribution in [0, 0.1) is 0 Å². The van der Waals surface area contributed by atoms with Crippen molar-refractivity contribution in [1.29, 1.82) is 0 Å². The van der Waals surface area contributed by atoms with Gasteiger partial charge >= 0.3 is 0 Å². The molecular weight excluding hydrogens is 192 g/mol. The van der Waals surface area contributed by atoms with Gasteiger partial charge in [-0.2, -0.15) is 0 Å². The molecule has 0 spiro atoms. The van der Waals surface area contributed by atoms with Gasteiger partial charge in [-0.3, -0.25) is 0 Å². The zero-order chi connectivity index (χ0) is 12.2. The first-order valence-electron chi connectivity index (χ1n) is 5.07. The first-order valence-corrected chi connectivity index (χ1v) is 5.07. The Labute approximate surface area is 98.6 Å². The second kappa shape index (κ2) is 9.47. The van der Waals surface area contributed by atoms with Crippen molar-refractivity contribution >= 4 is 0 Å². The summed E-state index contributed by atoms with van der Waals surface area (Å²) in [6, 6.07) is 20.8. The monoisotopic (exact) mass is 210 g/mol. The second-order valence-corrected chi connectivity index (χ2v) is 2.73. The minimum atomic E-state index is 1.28. The molecule has 16 heavy (non-hydrogen) atoms. The summed E-state index contributed by atoms with van der Waals surface area (Å²) in [7, 11) is 0. The number of hydrogen-bond donors (Lipinski definition) is 0. The molecule has 0 radical (unpaired) electrons. The van der Waals surface area contributed by atoms with Crippen molar-refractivity contribution in [1.82, 2.24) is 0 Å². The summed E-state index contributed by atoms with van der Waals surface area (Å²) in [6.07, 6.45) is 0. The Kier molecular flexibility index (Phi) is 8.24. The predicted molar refractivity (Wildman–Crippen MR) is 74.4 cm³/mol. The van der Waals surface area contributed by atoms with E-state index in [1.165, 1.54) is 11.1 Å². The first-order chi connectivity index (χ1) is 7.97. The maximum atomic E-state index is 3.00. The summed E-state index contributed by atoms with van der Waals surface area (Å²) in [5, 5.41) is 0. The average molecular weight is 210 g/mol. The van der Waals surface area contributed by atoms with E-state index < -0.39 is 0 Å². The molecule has 0 unspecified atom stereocenters. The molecule has 0 saturated heterocycles. The molecule has 0 fully saturated rings. The lowest BCUT2D eigenvalue weighted by molar-refractivity contribution is 1.62. The Morgan fingerprint density at radius 1 is 0.438 bits per heavy atom. The van der Waals surface area contributed by atoms with Gasteiger partial charge in [0, 0.05) is 0 Å². The summed E-state index contributed by atoms with van der Waals surface area (Å²) >= 11 is 0. The Morgan fingerprint density at radius 3 is 0.938 bits per heavy atom. The third-order valence-electron chi connectivity index (χ3n) is 1.88. The van der Waals surface area contributed by atoms with Crippen LogP contribution in [0.15, 0.2) is 87.0 Å². The minimum absolute atomic E-state index is 1.28. The van der Waals surface area contributed by atoms with Crippen LogP contribution in [0.1, 0.15) is 0 Å². The van der Waals surface area contributed by atoms with E-state index in [-0.39, 0.29) is 0 Å². The topological polar surface area (TPSA) is 0 Å². The average Bonchev–Trinajstić information content (AvgIpc) is 2.45. The number of hydrogen-bond acceptors (Lipinski definition) is 0. The molecule has 0 aliphatic carbocycles. The molecular formula is C16H18. The van der Waals surface area contributed by atoms with Crippen molar-refractivity contribution in [3.05, 3.63) is 87.0 Å². The Morgan fingerprint density at radius 2 is 0.688 bits per heavy atom. The van der Waals surface area contributed by atoms with Crippen molar-refractivity contribution in [2.75, 3.05) is 0 Å². The maximum Gasteiger partial charge on any atom is -0.0184 e. The molecule has 0 bridgehead atoms. The Hall–Kier alpha value is -2.08. The maximum absolute atomic E-state index is 3.00. The number of benzene rings is 2. The van der Waals surface area contributed by atoms with E-state index in [0.717, 1.165) is 0 Å². The molecule has 0 heteroatoms. The molecule has 0 aliphatic rings. The molecule has 0 aromatic heterocycles. The second-order valence-electron chi connectivity index (χ2n) is 2.73. The van der Waals surface area contributed by atoms with Crippen LogP contribution in [0.2, 0.25) is 0 Å². The lowest BCUT2D eigenvalue weighted by atomic mass is 10.1. The molecule has 0 atom stereocenters. The third-order valence-corrected chi connectivity index (χ3v) is 1.88. The summed E-state index contributed by atoms with van der Waals surface area (Å²) < 4.78 is 0. The molecule has 0 nitrogen and oxygen atoms in total. The van der Waals surface area contributed by atoms with Crippen LogP contribution in [0.5, 0.6) is 0 Å². The van der Waals surface area contributed by atoms with E-state index in [4.69, 9.17) is 0 Å². The minimum Gasteiger partial charge on any atom is -0.106 e. The highest BCUT2D eigenvalue weighted by atomic mass is 14.0. The first kappa shape index (κ1) is 13.9. The highest BCUT2D eigenvalue weighted by Crippen LogP contribution is 2.17. The summed E-state index contributed by atoms with van der Waals surface area (Å²) in [4.78, 5) is 0. The van der Waals surface area contributed by atoms with Crippen LogP contribution in [0.25, 0.3) is 11.1 Å². The normalized spacial score (nSPS) is 7.75. The van der Waals surface area contributed by atoms with E-state index in [1.807, 2.05) is 12.1 Å². The predicted octanol–water partition coefficient (Wildman–Crippen LogP) is 4.96. The van der Waals surface area contributed by atoms with Gasteiger partial charge in [0.25, 0.3) is 0 Å². The zero-order valence-corrected chi connectivity index (χ0v) is 9.60. The molecule has 0 saturated carbocycles. The Balaban J connectivity index is 0.000000509. The molecule has 82 valence electrons. The largest absolute Gasteiger partial charge is 0.106 e. The zero-order valence-electron chi connectivity index (χ0n) is 9.60. The fourth-order valence-corrected chi connectivity index (χ4v) is 1.26. The molecule has 2 rings (SSSR count). The van der Waals surface area contributed by atoms with Gasteiger partial charge in [0.15, 0.2) is 0 Å². The fraction of sp³-hybridized carbons (Fsp3) is 0. The van der Waals surface area contributed by atoms with Gasteiger partial charge in [-0.05, 0) is 11.1 Å². The van der Waals surface area contributed by atoms with Crippen LogP contribution in [0.3, 0.4) is 0 Å². The Bertz CT molecular complexity index is 322. The van der Waals surface area contributed by atoms with E-state index in [2.05, 4.69) is 74.8 Å². The van der Waals surface area contributed by atoms with Crippen molar-refractivity contribution < 1.29 is 0 Å². The summed E-state index contributed by atoms with van der Waals surface area (Å²) in [5.41, 5.74) is 2.55. The van der Waals surface area contributed by atoms with Gasteiger partial charge in [-0.15, -0.1) is 26.3 Å². The SMILES string of the molecule is C=C.C=C.c1ccc(-c2ccccc2)cc1. The van der Waals surface area contributed by atoms with Gasteiger partial charge in [-0.25, -0.2) is 0 Å².